The lowest BCUT2D eigenvalue weighted by Gasteiger charge is -2.22. The van der Waals surface area contributed by atoms with Gasteiger partial charge in [0.1, 0.15) is 0 Å². The molecule has 6 nitrogen and oxygen atoms in total. The maximum atomic E-state index is 12.5. The number of rotatable bonds is 66. The molecule has 2 unspecified atom stereocenters. The van der Waals surface area contributed by atoms with Crippen LogP contribution in [0.4, 0.5) is 0 Å². The number of unbranched alkanes of at least 4 members (excludes halogenated alkanes) is 53. The number of esters is 1. The maximum Gasteiger partial charge on any atom is 0.305 e. The van der Waals surface area contributed by atoms with Crippen LogP contribution < -0.4 is 5.32 Å². The molecule has 0 spiro atoms. The van der Waals surface area contributed by atoms with Crippen molar-refractivity contribution in [2.45, 2.75) is 411 Å². The van der Waals surface area contributed by atoms with Gasteiger partial charge in [0.25, 0.3) is 0 Å². The minimum absolute atomic E-state index is 0.0141. The Balaban J connectivity index is 3.36. The largest absolute Gasteiger partial charge is 0.466 e. The van der Waals surface area contributed by atoms with E-state index >= 15 is 0 Å². The number of hydrogen-bond acceptors (Lipinski definition) is 5. The quantitative estimate of drug-likeness (QED) is 0.0320. The first-order valence-corrected chi connectivity index (χ1v) is 34.9. The Morgan fingerprint density at radius 3 is 0.934 bits per heavy atom. The van der Waals surface area contributed by atoms with Crippen LogP contribution in [0, 0.1) is 0 Å². The van der Waals surface area contributed by atoms with Gasteiger partial charge in [0.2, 0.25) is 5.91 Å². The second-order valence-corrected chi connectivity index (χ2v) is 24.2. The number of carbonyl (C=O) groups is 2. The second-order valence-electron chi connectivity index (χ2n) is 24.2. The molecule has 452 valence electrons. The fraction of sp³-hybridized carbons (Fsp3) is 0.943. The average molecular weight is 1070 g/mol. The van der Waals surface area contributed by atoms with Gasteiger partial charge in [0.15, 0.2) is 0 Å². The van der Waals surface area contributed by atoms with E-state index in [1.54, 1.807) is 0 Å². The van der Waals surface area contributed by atoms with Gasteiger partial charge in [0, 0.05) is 12.8 Å². The summed E-state index contributed by atoms with van der Waals surface area (Å²) in [6.45, 7) is 4.99. The van der Waals surface area contributed by atoms with E-state index in [2.05, 4.69) is 31.3 Å². The number of hydrogen-bond donors (Lipinski definition) is 3. The molecule has 6 heteroatoms. The van der Waals surface area contributed by atoms with Crippen molar-refractivity contribution >= 4 is 11.9 Å². The van der Waals surface area contributed by atoms with E-state index in [1.807, 2.05) is 0 Å². The molecule has 2 atom stereocenters. The van der Waals surface area contributed by atoms with E-state index < -0.39 is 12.1 Å². The highest BCUT2D eigenvalue weighted by atomic mass is 16.5. The smallest absolute Gasteiger partial charge is 0.305 e. The number of allylic oxidation sites excluding steroid dienone is 2. The lowest BCUT2D eigenvalue weighted by atomic mass is 10.0. The van der Waals surface area contributed by atoms with Crippen LogP contribution in [0.3, 0.4) is 0 Å². The second kappa shape index (κ2) is 66.1. The molecular formula is C70H137NO5. The monoisotopic (exact) mass is 1070 g/mol. The van der Waals surface area contributed by atoms with Crippen molar-refractivity contribution in [1.82, 2.24) is 5.32 Å². The Labute approximate surface area is 476 Å². The van der Waals surface area contributed by atoms with Crippen molar-refractivity contribution in [3.8, 4) is 0 Å². The molecule has 1 amide bonds. The highest BCUT2D eigenvalue weighted by Gasteiger charge is 2.20. The Morgan fingerprint density at radius 2 is 0.618 bits per heavy atom. The normalized spacial score (nSPS) is 12.5. The predicted octanol–water partition coefficient (Wildman–Crippen LogP) is 22.4. The van der Waals surface area contributed by atoms with Crippen molar-refractivity contribution in [3.05, 3.63) is 12.2 Å². The van der Waals surface area contributed by atoms with Gasteiger partial charge < -0.3 is 20.3 Å². The van der Waals surface area contributed by atoms with Gasteiger partial charge in [-0.2, -0.15) is 0 Å². The summed E-state index contributed by atoms with van der Waals surface area (Å²) in [5.74, 6) is -0.0169. The van der Waals surface area contributed by atoms with E-state index in [-0.39, 0.29) is 18.5 Å². The minimum Gasteiger partial charge on any atom is -0.466 e. The molecule has 0 radical (unpaired) electrons. The van der Waals surface area contributed by atoms with Crippen LogP contribution in [-0.2, 0) is 14.3 Å². The molecule has 0 fully saturated rings. The predicted molar refractivity (Wildman–Crippen MR) is 333 cm³/mol. The Bertz CT molecular complexity index is 1140. The van der Waals surface area contributed by atoms with Crippen molar-refractivity contribution < 1.29 is 24.5 Å². The number of carbonyl (C=O) groups excluding carboxylic acids is 2. The summed E-state index contributed by atoms with van der Waals surface area (Å²) >= 11 is 0. The van der Waals surface area contributed by atoms with Gasteiger partial charge in [0.05, 0.1) is 25.4 Å². The lowest BCUT2D eigenvalue weighted by molar-refractivity contribution is -0.143. The molecule has 0 aliphatic heterocycles. The molecule has 0 aromatic rings. The summed E-state index contributed by atoms with van der Waals surface area (Å²) in [6.07, 6.45) is 81.0. The minimum atomic E-state index is -0.664. The molecule has 0 aliphatic carbocycles. The van der Waals surface area contributed by atoms with Crippen LogP contribution in [0.2, 0.25) is 0 Å². The van der Waals surface area contributed by atoms with Crippen molar-refractivity contribution in [2.75, 3.05) is 13.2 Å². The van der Waals surface area contributed by atoms with E-state index in [9.17, 15) is 19.8 Å². The third-order valence-electron chi connectivity index (χ3n) is 16.6. The van der Waals surface area contributed by atoms with Crippen LogP contribution >= 0.6 is 0 Å². The number of amides is 1. The molecule has 3 N–H and O–H groups in total. The van der Waals surface area contributed by atoms with Crippen LogP contribution in [0.15, 0.2) is 12.2 Å². The molecule has 0 aromatic heterocycles. The molecule has 0 heterocycles. The van der Waals surface area contributed by atoms with Crippen molar-refractivity contribution in [2.24, 2.45) is 0 Å². The summed E-state index contributed by atoms with van der Waals surface area (Å²) in [4.78, 5) is 24.6. The fourth-order valence-electron chi connectivity index (χ4n) is 11.2. The van der Waals surface area contributed by atoms with Gasteiger partial charge in [-0.15, -0.1) is 0 Å². The molecule has 0 rings (SSSR count). The van der Waals surface area contributed by atoms with Gasteiger partial charge in [-0.05, 0) is 51.4 Å². The van der Waals surface area contributed by atoms with Crippen LogP contribution in [0.25, 0.3) is 0 Å². The van der Waals surface area contributed by atoms with E-state index in [0.29, 0.717) is 25.9 Å². The summed E-state index contributed by atoms with van der Waals surface area (Å²) in [5.41, 5.74) is 0. The summed E-state index contributed by atoms with van der Waals surface area (Å²) in [5, 5.41) is 23.4. The van der Waals surface area contributed by atoms with Crippen LogP contribution in [-0.4, -0.2) is 47.4 Å². The van der Waals surface area contributed by atoms with E-state index in [4.69, 9.17) is 4.74 Å². The zero-order chi connectivity index (χ0) is 55.0. The molecule has 0 aliphatic rings. The summed E-state index contributed by atoms with van der Waals surface area (Å²) in [7, 11) is 0. The average Bonchev–Trinajstić information content (AvgIpc) is 3.42. The van der Waals surface area contributed by atoms with Gasteiger partial charge in [-0.3, -0.25) is 9.59 Å². The van der Waals surface area contributed by atoms with Gasteiger partial charge in [-0.1, -0.05) is 347 Å². The number of nitrogens with one attached hydrogen (secondary N) is 1. The first kappa shape index (κ1) is 74.6. The topological polar surface area (TPSA) is 95.9 Å². The lowest BCUT2D eigenvalue weighted by Crippen LogP contribution is -2.45. The maximum absolute atomic E-state index is 12.5. The molecule has 0 saturated carbocycles. The highest BCUT2D eigenvalue weighted by molar-refractivity contribution is 5.76. The molecular weight excluding hydrogens is 935 g/mol. The fourth-order valence-corrected chi connectivity index (χ4v) is 11.2. The van der Waals surface area contributed by atoms with Crippen LogP contribution in [0.5, 0.6) is 0 Å². The zero-order valence-corrected chi connectivity index (χ0v) is 51.8. The molecule has 0 saturated heterocycles. The Kier molecular flexibility index (Phi) is 64.9. The van der Waals surface area contributed by atoms with Crippen molar-refractivity contribution in [3.63, 3.8) is 0 Å². The molecule has 76 heavy (non-hydrogen) atoms. The third kappa shape index (κ3) is 61.8. The van der Waals surface area contributed by atoms with Crippen molar-refractivity contribution in [1.29, 1.82) is 0 Å². The molecule has 0 aromatic carbocycles. The third-order valence-corrected chi connectivity index (χ3v) is 16.6. The van der Waals surface area contributed by atoms with Crippen LogP contribution in [0.1, 0.15) is 399 Å². The number of aliphatic hydroxyl groups excluding tert-OH is 2. The zero-order valence-electron chi connectivity index (χ0n) is 51.8. The highest BCUT2D eigenvalue weighted by Crippen LogP contribution is 2.19. The SMILES string of the molecule is CCCCCCCC/C=C\CCCCCCCCCCCC(=O)OCCCCCCCCCCCCCCCCCCCCCCCCC(=O)NC(CO)C(O)CCCCCCCCCCCCCCCCCCCC. The van der Waals surface area contributed by atoms with Gasteiger partial charge in [-0.25, -0.2) is 0 Å². The Morgan fingerprint density at radius 1 is 0.355 bits per heavy atom. The van der Waals surface area contributed by atoms with E-state index in [0.717, 1.165) is 44.9 Å². The number of ether oxygens (including phenoxy) is 1. The first-order valence-electron chi connectivity index (χ1n) is 34.9. The standard InChI is InChI=1S/C70H137NO5/c1-3-5-7-9-11-13-15-17-19-21-27-32-36-40-44-48-52-56-60-64-70(75)76-65-61-57-53-49-45-41-37-33-29-26-24-23-25-28-31-35-39-43-47-51-55-59-63-69(74)71-67(66-72)68(73)62-58-54-50-46-42-38-34-30-22-20-18-16-14-12-10-8-6-4-2/h17,19,67-68,72-73H,3-16,18,20-66H2,1-2H3,(H,71,74)/b19-17-. The summed E-state index contributed by atoms with van der Waals surface area (Å²) in [6, 6.07) is -0.542. The first-order chi connectivity index (χ1) is 37.5. The number of aliphatic hydroxyl groups is 2. The molecule has 0 bridgehead atoms. The summed E-state index contributed by atoms with van der Waals surface area (Å²) < 4.78 is 5.51. The van der Waals surface area contributed by atoms with Gasteiger partial charge >= 0.3 is 5.97 Å². The Hall–Kier alpha value is -1.40. The van der Waals surface area contributed by atoms with E-state index in [1.165, 1.54) is 321 Å².